The van der Waals surface area contributed by atoms with Crippen LogP contribution in [0.5, 0.6) is 0 Å². The molecule has 0 saturated heterocycles. The van der Waals surface area contributed by atoms with Crippen molar-refractivity contribution in [2.45, 2.75) is 44.7 Å². The molecule has 9 nitrogen and oxygen atoms in total. The van der Waals surface area contributed by atoms with E-state index in [0.717, 1.165) is 34.7 Å². The minimum Gasteiger partial charge on any atom is -0.453 e. The summed E-state index contributed by atoms with van der Waals surface area (Å²) in [4.78, 5) is 30.1. The Morgan fingerprint density at radius 1 is 1.06 bits per heavy atom. The van der Waals surface area contributed by atoms with Gasteiger partial charge in [-0.1, -0.05) is 55.8 Å². The molecule has 2 aromatic carbocycles. The zero-order chi connectivity index (χ0) is 25.9. The number of methoxy groups -OCH3 is 1. The number of amides is 2. The molecule has 0 spiro atoms. The first-order valence-corrected chi connectivity index (χ1v) is 13.5. The Labute approximate surface area is 217 Å². The second kappa shape index (κ2) is 13.7. The van der Waals surface area contributed by atoms with Crippen LogP contribution < -0.4 is 15.4 Å². The number of alkyl carbamates (subject to hydrolysis) is 1. The van der Waals surface area contributed by atoms with Crippen molar-refractivity contribution in [1.29, 1.82) is 0 Å². The average molecular weight is 531 g/mol. The number of benzene rings is 2. The van der Waals surface area contributed by atoms with Gasteiger partial charge in [0, 0.05) is 17.5 Å². The molecule has 1 aromatic heterocycles. The van der Waals surface area contributed by atoms with Crippen molar-refractivity contribution in [1.82, 2.24) is 15.6 Å². The van der Waals surface area contributed by atoms with Crippen molar-refractivity contribution < 1.29 is 23.1 Å². The first kappa shape index (κ1) is 27.3. The van der Waals surface area contributed by atoms with E-state index in [9.17, 15) is 13.8 Å². The maximum Gasteiger partial charge on any atom is 0.407 e. The summed E-state index contributed by atoms with van der Waals surface area (Å²) in [6.45, 7) is 2.08. The molecule has 36 heavy (non-hydrogen) atoms. The predicted octanol–water partition coefficient (Wildman–Crippen LogP) is 4.01. The Hall–Kier alpha value is -3.28. The average Bonchev–Trinajstić information content (AvgIpc) is 3.33. The predicted molar refractivity (Wildman–Crippen MR) is 141 cm³/mol. The second-order valence-corrected chi connectivity index (χ2v) is 9.71. The van der Waals surface area contributed by atoms with Gasteiger partial charge in [-0.2, -0.15) is 0 Å². The first-order valence-electron chi connectivity index (χ1n) is 11.5. The maximum absolute atomic E-state index is 13.4. The molecule has 0 saturated carbocycles. The van der Waals surface area contributed by atoms with Crippen LogP contribution >= 0.6 is 11.3 Å². The van der Waals surface area contributed by atoms with E-state index in [1.807, 2.05) is 47.8 Å². The molecule has 1 unspecified atom stereocenters. The SMILES string of the molecule is CCCc1csc([C@H](Cc2ccc(NS(=O)O)cc2)NC(=O)[C@H](Cc2ccccc2)NC(=O)OC)n1. The number of nitrogens with zero attached hydrogens (tertiary/aromatic N) is 1. The van der Waals surface area contributed by atoms with Crippen LogP contribution in [0.15, 0.2) is 60.0 Å². The number of thiazole rings is 1. The molecule has 0 bridgehead atoms. The van der Waals surface area contributed by atoms with Gasteiger partial charge < -0.3 is 15.4 Å². The summed E-state index contributed by atoms with van der Waals surface area (Å²) in [5.41, 5.74) is 3.27. The van der Waals surface area contributed by atoms with Gasteiger partial charge in [0.05, 0.1) is 18.8 Å². The lowest BCUT2D eigenvalue weighted by molar-refractivity contribution is -0.123. The number of carbonyl (C=O) groups excluding carboxylic acids is 2. The fourth-order valence-electron chi connectivity index (χ4n) is 3.63. The Kier molecular flexibility index (Phi) is 10.4. The third-order valence-corrected chi connectivity index (χ3v) is 6.78. The van der Waals surface area contributed by atoms with E-state index in [1.165, 1.54) is 18.4 Å². The molecule has 3 atom stereocenters. The highest BCUT2D eigenvalue weighted by Gasteiger charge is 2.26. The van der Waals surface area contributed by atoms with Gasteiger partial charge >= 0.3 is 6.09 Å². The van der Waals surface area contributed by atoms with Crippen LogP contribution in [0, 0.1) is 0 Å². The number of ether oxygens (including phenoxy) is 1. The first-order chi connectivity index (χ1) is 17.4. The van der Waals surface area contributed by atoms with Gasteiger partial charge in [-0.05, 0) is 36.1 Å². The number of hydrogen-bond donors (Lipinski definition) is 4. The molecular formula is C25H30N4O5S2. The summed E-state index contributed by atoms with van der Waals surface area (Å²) in [7, 11) is 1.26. The zero-order valence-electron chi connectivity index (χ0n) is 20.1. The van der Waals surface area contributed by atoms with E-state index in [0.29, 0.717) is 18.5 Å². The fraction of sp³-hybridized carbons (Fsp3) is 0.320. The molecular weight excluding hydrogens is 500 g/mol. The molecule has 0 fully saturated rings. The third-order valence-electron chi connectivity index (χ3n) is 5.37. The summed E-state index contributed by atoms with van der Waals surface area (Å²) in [6, 6.07) is 15.2. The molecule has 0 aliphatic heterocycles. The van der Waals surface area contributed by atoms with E-state index in [1.54, 1.807) is 12.1 Å². The Bertz CT molecular complexity index is 1150. The summed E-state index contributed by atoms with van der Waals surface area (Å²) in [6.07, 6.45) is 1.86. The highest BCUT2D eigenvalue weighted by molar-refractivity contribution is 7.80. The van der Waals surface area contributed by atoms with E-state index < -0.39 is 29.4 Å². The number of nitrogens with one attached hydrogen (secondary N) is 3. The van der Waals surface area contributed by atoms with Crippen LogP contribution in [-0.4, -0.2) is 38.9 Å². The highest BCUT2D eigenvalue weighted by atomic mass is 32.2. The third kappa shape index (κ3) is 8.43. The van der Waals surface area contributed by atoms with Gasteiger partial charge in [0.15, 0.2) is 0 Å². The van der Waals surface area contributed by atoms with E-state index in [-0.39, 0.29) is 5.91 Å². The zero-order valence-corrected chi connectivity index (χ0v) is 21.7. The van der Waals surface area contributed by atoms with Crippen molar-refractivity contribution in [2.75, 3.05) is 11.8 Å². The van der Waals surface area contributed by atoms with Crippen molar-refractivity contribution in [3.63, 3.8) is 0 Å². The summed E-state index contributed by atoms with van der Waals surface area (Å²) in [5.74, 6) is -0.351. The molecule has 1 heterocycles. The molecule has 0 aliphatic carbocycles. The minimum atomic E-state index is -2.16. The van der Waals surface area contributed by atoms with Crippen LogP contribution in [0.2, 0.25) is 0 Å². The van der Waals surface area contributed by atoms with Crippen molar-refractivity contribution in [3.8, 4) is 0 Å². The topological polar surface area (TPSA) is 130 Å². The number of aryl methyl sites for hydroxylation is 1. The van der Waals surface area contributed by atoms with E-state index >= 15 is 0 Å². The van der Waals surface area contributed by atoms with Gasteiger partial charge in [-0.3, -0.25) is 14.1 Å². The molecule has 3 rings (SSSR count). The molecule has 3 aromatic rings. The molecule has 4 N–H and O–H groups in total. The Balaban J connectivity index is 1.82. The van der Waals surface area contributed by atoms with Crippen LogP contribution in [0.3, 0.4) is 0 Å². The molecule has 0 aliphatic rings. The number of aromatic nitrogens is 1. The van der Waals surface area contributed by atoms with Gasteiger partial charge in [-0.15, -0.1) is 11.3 Å². The summed E-state index contributed by atoms with van der Waals surface area (Å²) in [5, 5.41) is 8.47. The quantitative estimate of drug-likeness (QED) is 0.262. The largest absolute Gasteiger partial charge is 0.453 e. The van der Waals surface area contributed by atoms with Crippen molar-refractivity contribution >= 4 is 40.3 Å². The lowest BCUT2D eigenvalue weighted by atomic mass is 10.0. The molecule has 192 valence electrons. The van der Waals surface area contributed by atoms with Crippen LogP contribution in [0.1, 0.15) is 41.2 Å². The van der Waals surface area contributed by atoms with E-state index in [2.05, 4.69) is 22.3 Å². The van der Waals surface area contributed by atoms with Gasteiger partial charge in [0.1, 0.15) is 11.0 Å². The smallest absolute Gasteiger partial charge is 0.407 e. The number of rotatable bonds is 12. The van der Waals surface area contributed by atoms with Crippen LogP contribution in [0.4, 0.5) is 10.5 Å². The van der Waals surface area contributed by atoms with Crippen molar-refractivity contribution in [3.05, 3.63) is 81.8 Å². The standard InChI is InChI=1S/C25H30N4O5S2/c1-3-7-20-16-35-24(26-20)22(15-18-10-12-19(13-11-18)29-36(32)33)27-23(30)21(28-25(31)34-2)14-17-8-5-4-6-9-17/h4-6,8-13,16,21-22,29H,3,7,14-15H2,1-2H3,(H,27,30)(H,28,31)(H,32,33)/t21-,22-/m0/s1. The molecule has 2 amide bonds. The maximum atomic E-state index is 13.4. The van der Waals surface area contributed by atoms with Crippen molar-refractivity contribution in [2.24, 2.45) is 0 Å². The number of anilines is 1. The van der Waals surface area contributed by atoms with Gasteiger partial charge in [-0.25, -0.2) is 14.0 Å². The summed E-state index contributed by atoms with van der Waals surface area (Å²) >= 11 is -0.678. The van der Waals surface area contributed by atoms with E-state index in [4.69, 9.17) is 14.3 Å². The van der Waals surface area contributed by atoms with Crippen LogP contribution in [-0.2, 0) is 40.1 Å². The fourth-order valence-corrected chi connectivity index (χ4v) is 4.87. The highest BCUT2D eigenvalue weighted by Crippen LogP contribution is 2.24. The molecule has 11 heteroatoms. The van der Waals surface area contributed by atoms with Crippen LogP contribution in [0.25, 0.3) is 0 Å². The van der Waals surface area contributed by atoms with Gasteiger partial charge in [0.25, 0.3) is 11.3 Å². The second-order valence-electron chi connectivity index (χ2n) is 8.12. The lowest BCUT2D eigenvalue weighted by Gasteiger charge is -2.22. The Morgan fingerprint density at radius 2 is 1.75 bits per heavy atom. The normalized spacial score (nSPS) is 13.3. The number of carbonyl (C=O) groups is 2. The molecule has 0 radical (unpaired) electrons. The number of hydrogen-bond acceptors (Lipinski definition) is 6. The summed E-state index contributed by atoms with van der Waals surface area (Å²) < 4.78 is 27.2. The van der Waals surface area contributed by atoms with Gasteiger partial charge in [0.2, 0.25) is 5.91 Å². The minimum absolute atomic E-state index is 0.298. The monoisotopic (exact) mass is 530 g/mol. The lowest BCUT2D eigenvalue weighted by Crippen LogP contribution is -2.49. The Morgan fingerprint density at radius 3 is 2.39 bits per heavy atom.